The standard InChI is InChI=1S/C48H33N3/c1-48(2)42-16-7-6-14-39(42)41-28-40-35(27-43(41)48)22-21-34-26-36(23-24-37(34)40)45-29-44(31-10-4-3-5-11-31)50-47(51-45)33-19-17-30(18-20-33)38-15-8-12-32-13-9-25-49-46(32)38/h3-29H,1-2H3. The molecule has 0 atom stereocenters. The van der Waals surface area contributed by atoms with Gasteiger partial charge in [-0.1, -0.05) is 141 Å². The van der Waals surface area contributed by atoms with E-state index in [0.717, 1.165) is 50.1 Å². The topological polar surface area (TPSA) is 38.7 Å². The molecule has 0 spiro atoms. The lowest BCUT2D eigenvalue weighted by molar-refractivity contribution is 0.661. The van der Waals surface area contributed by atoms with Crippen molar-refractivity contribution in [2.45, 2.75) is 19.3 Å². The second kappa shape index (κ2) is 11.3. The van der Waals surface area contributed by atoms with Crippen LogP contribution in [0, 0.1) is 0 Å². The number of pyridine rings is 1. The fraction of sp³-hybridized carbons (Fsp3) is 0.0625. The number of nitrogens with zero attached hydrogens (tertiary/aromatic N) is 3. The Bertz CT molecular complexity index is 2810. The van der Waals surface area contributed by atoms with Gasteiger partial charge in [0.1, 0.15) is 0 Å². The van der Waals surface area contributed by atoms with Crippen LogP contribution in [0.1, 0.15) is 25.0 Å². The number of hydrogen-bond acceptors (Lipinski definition) is 3. The molecule has 0 aliphatic heterocycles. The molecule has 0 amide bonds. The lowest BCUT2D eigenvalue weighted by atomic mass is 9.81. The first-order valence-electron chi connectivity index (χ1n) is 17.5. The molecule has 0 fully saturated rings. The van der Waals surface area contributed by atoms with Gasteiger partial charge in [0.2, 0.25) is 0 Å². The van der Waals surface area contributed by atoms with Crippen molar-refractivity contribution in [3.05, 3.63) is 175 Å². The second-order valence-corrected chi connectivity index (χ2v) is 14.1. The molecule has 1 aliphatic carbocycles. The van der Waals surface area contributed by atoms with Gasteiger partial charge in [0, 0.05) is 39.3 Å². The highest BCUT2D eigenvalue weighted by atomic mass is 14.9. The summed E-state index contributed by atoms with van der Waals surface area (Å²) in [5, 5.41) is 6.12. The third-order valence-electron chi connectivity index (χ3n) is 10.7. The monoisotopic (exact) mass is 651 g/mol. The van der Waals surface area contributed by atoms with E-state index in [9.17, 15) is 0 Å². The molecule has 9 aromatic rings. The number of aromatic nitrogens is 3. The Labute approximate surface area is 297 Å². The minimum absolute atomic E-state index is 0.0203. The zero-order valence-electron chi connectivity index (χ0n) is 28.4. The summed E-state index contributed by atoms with van der Waals surface area (Å²) >= 11 is 0. The van der Waals surface area contributed by atoms with Crippen LogP contribution in [0.3, 0.4) is 0 Å². The van der Waals surface area contributed by atoms with Crippen LogP contribution in [-0.2, 0) is 5.41 Å². The van der Waals surface area contributed by atoms with Gasteiger partial charge < -0.3 is 0 Å². The molecule has 51 heavy (non-hydrogen) atoms. The number of hydrogen-bond donors (Lipinski definition) is 0. The maximum absolute atomic E-state index is 5.19. The maximum Gasteiger partial charge on any atom is 0.160 e. The fourth-order valence-electron chi connectivity index (χ4n) is 8.04. The predicted octanol–water partition coefficient (Wildman–Crippen LogP) is 12.3. The summed E-state index contributed by atoms with van der Waals surface area (Å²) in [6.07, 6.45) is 1.85. The van der Waals surface area contributed by atoms with Crippen LogP contribution in [0.15, 0.2) is 164 Å². The molecule has 0 radical (unpaired) electrons. The average molecular weight is 652 g/mol. The van der Waals surface area contributed by atoms with Gasteiger partial charge in [-0.15, -0.1) is 0 Å². The molecular weight excluding hydrogens is 619 g/mol. The normalized spacial score (nSPS) is 13.1. The van der Waals surface area contributed by atoms with E-state index < -0.39 is 0 Å². The number of para-hydroxylation sites is 1. The molecule has 0 N–H and O–H groups in total. The Morgan fingerprint density at radius 3 is 1.94 bits per heavy atom. The van der Waals surface area contributed by atoms with Gasteiger partial charge in [-0.05, 0) is 79.7 Å². The van der Waals surface area contributed by atoms with Crippen molar-refractivity contribution in [1.29, 1.82) is 0 Å². The molecule has 1 aliphatic rings. The summed E-state index contributed by atoms with van der Waals surface area (Å²) in [5.41, 5.74) is 13.6. The SMILES string of the molecule is CC1(C)c2ccccc2-c2cc3c(ccc4cc(-c5cc(-c6ccccc6)nc(-c6ccc(-c7cccc8cccnc78)cc6)n5)ccc43)cc21. The lowest BCUT2D eigenvalue weighted by Gasteiger charge is -2.21. The van der Waals surface area contributed by atoms with E-state index >= 15 is 0 Å². The van der Waals surface area contributed by atoms with Gasteiger partial charge in [-0.25, -0.2) is 9.97 Å². The third-order valence-corrected chi connectivity index (χ3v) is 10.7. The average Bonchev–Trinajstić information content (AvgIpc) is 3.42. The second-order valence-electron chi connectivity index (χ2n) is 14.1. The van der Waals surface area contributed by atoms with Crippen LogP contribution in [0.4, 0.5) is 0 Å². The van der Waals surface area contributed by atoms with Crippen molar-refractivity contribution in [2.24, 2.45) is 0 Å². The van der Waals surface area contributed by atoms with E-state index in [4.69, 9.17) is 9.97 Å². The summed E-state index contributed by atoms with van der Waals surface area (Å²) < 4.78 is 0. The van der Waals surface area contributed by atoms with Crippen molar-refractivity contribution >= 4 is 32.4 Å². The first kappa shape index (κ1) is 29.5. The minimum Gasteiger partial charge on any atom is -0.256 e. The first-order chi connectivity index (χ1) is 25.0. The minimum atomic E-state index is -0.0203. The van der Waals surface area contributed by atoms with Crippen molar-refractivity contribution < 1.29 is 0 Å². The van der Waals surface area contributed by atoms with Gasteiger partial charge in [0.05, 0.1) is 16.9 Å². The highest BCUT2D eigenvalue weighted by Gasteiger charge is 2.35. The van der Waals surface area contributed by atoms with Crippen LogP contribution in [0.25, 0.3) is 88.6 Å². The zero-order chi connectivity index (χ0) is 34.1. The van der Waals surface area contributed by atoms with Crippen LogP contribution in [0.2, 0.25) is 0 Å². The van der Waals surface area contributed by atoms with Gasteiger partial charge in [-0.3, -0.25) is 4.98 Å². The molecule has 10 rings (SSSR count). The van der Waals surface area contributed by atoms with Gasteiger partial charge in [0.25, 0.3) is 0 Å². The van der Waals surface area contributed by atoms with Crippen molar-refractivity contribution in [3.8, 4) is 56.2 Å². The Morgan fingerprint density at radius 2 is 1.10 bits per heavy atom. The third kappa shape index (κ3) is 4.77. The number of benzene rings is 7. The van der Waals surface area contributed by atoms with E-state index in [0.29, 0.717) is 5.82 Å². The molecule has 3 nitrogen and oxygen atoms in total. The molecule has 0 unspecified atom stereocenters. The van der Waals surface area contributed by atoms with E-state index in [2.05, 4.69) is 164 Å². The summed E-state index contributed by atoms with van der Waals surface area (Å²) in [4.78, 5) is 15.0. The zero-order valence-corrected chi connectivity index (χ0v) is 28.4. The molecular formula is C48H33N3. The highest BCUT2D eigenvalue weighted by Crippen LogP contribution is 2.50. The maximum atomic E-state index is 5.19. The van der Waals surface area contributed by atoms with Crippen LogP contribution in [0.5, 0.6) is 0 Å². The number of rotatable bonds is 4. The quantitative estimate of drug-likeness (QED) is 0.178. The molecule has 0 saturated heterocycles. The van der Waals surface area contributed by atoms with Crippen molar-refractivity contribution in [3.63, 3.8) is 0 Å². The van der Waals surface area contributed by atoms with Crippen molar-refractivity contribution in [2.75, 3.05) is 0 Å². The Morgan fingerprint density at radius 1 is 0.412 bits per heavy atom. The highest BCUT2D eigenvalue weighted by molar-refractivity contribution is 6.11. The Balaban J connectivity index is 1.09. The molecule has 0 saturated carbocycles. The Kier molecular flexibility index (Phi) is 6.53. The molecule has 3 heteroatoms. The van der Waals surface area contributed by atoms with Crippen LogP contribution in [-0.4, -0.2) is 15.0 Å². The smallest absolute Gasteiger partial charge is 0.160 e. The van der Waals surface area contributed by atoms with E-state index in [1.54, 1.807) is 0 Å². The lowest BCUT2D eigenvalue weighted by Crippen LogP contribution is -2.14. The van der Waals surface area contributed by atoms with Crippen molar-refractivity contribution in [1.82, 2.24) is 15.0 Å². The van der Waals surface area contributed by atoms with Gasteiger partial charge >= 0.3 is 0 Å². The summed E-state index contributed by atoms with van der Waals surface area (Å²) in [7, 11) is 0. The first-order valence-corrected chi connectivity index (χ1v) is 17.5. The van der Waals surface area contributed by atoms with Gasteiger partial charge in [-0.2, -0.15) is 0 Å². The predicted molar refractivity (Wildman–Crippen MR) is 212 cm³/mol. The van der Waals surface area contributed by atoms with E-state index in [1.807, 2.05) is 18.3 Å². The Hall–Kier alpha value is -6.45. The summed E-state index contributed by atoms with van der Waals surface area (Å²) in [5.74, 6) is 0.699. The van der Waals surface area contributed by atoms with E-state index in [-0.39, 0.29) is 5.41 Å². The molecule has 0 bridgehead atoms. The van der Waals surface area contributed by atoms with Gasteiger partial charge in [0.15, 0.2) is 5.82 Å². The van der Waals surface area contributed by atoms with Crippen LogP contribution < -0.4 is 0 Å². The molecule has 240 valence electrons. The van der Waals surface area contributed by atoms with Crippen LogP contribution >= 0.6 is 0 Å². The molecule has 2 aromatic heterocycles. The number of fused-ring (bicyclic) bond motifs is 7. The molecule has 7 aromatic carbocycles. The largest absolute Gasteiger partial charge is 0.256 e. The fourth-order valence-corrected chi connectivity index (χ4v) is 8.04. The summed E-state index contributed by atoms with van der Waals surface area (Å²) in [6, 6.07) is 56.4. The summed E-state index contributed by atoms with van der Waals surface area (Å²) in [6.45, 7) is 4.68. The van der Waals surface area contributed by atoms with E-state index in [1.165, 1.54) is 43.8 Å². The molecule has 2 heterocycles.